The minimum absolute atomic E-state index is 0.140. The summed E-state index contributed by atoms with van der Waals surface area (Å²) in [5, 5.41) is 19.9. The molecule has 0 radical (unpaired) electrons. The van der Waals surface area contributed by atoms with Crippen molar-refractivity contribution in [3.05, 3.63) is 46.7 Å². The van der Waals surface area contributed by atoms with E-state index in [0.717, 1.165) is 11.3 Å². The highest BCUT2D eigenvalue weighted by Gasteiger charge is 2.04. The molecule has 3 N–H and O–H groups in total. The normalized spacial score (nSPS) is 10.6. The van der Waals surface area contributed by atoms with Crippen molar-refractivity contribution in [2.45, 2.75) is 13.1 Å². The number of H-pyrrole nitrogens is 1. The predicted octanol–water partition coefficient (Wildman–Crippen LogP) is 2.06. The Morgan fingerprint density at radius 1 is 1.31 bits per heavy atom. The van der Waals surface area contributed by atoms with Crippen LogP contribution in [0.3, 0.4) is 0 Å². The van der Waals surface area contributed by atoms with Gasteiger partial charge in [-0.3, -0.25) is 5.10 Å². The molecule has 0 unspecified atom stereocenters. The number of phenolic OH excluding ortho intramolecular Hbond substituents is 1. The summed E-state index contributed by atoms with van der Waals surface area (Å²) in [4.78, 5) is 0. The Labute approximate surface area is 98.3 Å². The van der Waals surface area contributed by atoms with E-state index >= 15 is 0 Å². The highest BCUT2D eigenvalue weighted by molar-refractivity contribution is 6.32. The number of phenols is 1. The van der Waals surface area contributed by atoms with Gasteiger partial charge in [0.2, 0.25) is 0 Å². The third-order valence-corrected chi connectivity index (χ3v) is 2.56. The monoisotopic (exact) mass is 237 g/mol. The Kier molecular flexibility index (Phi) is 3.44. The number of hydrogen-bond donors (Lipinski definition) is 3. The van der Waals surface area contributed by atoms with Gasteiger partial charge in [0.05, 0.1) is 5.02 Å². The molecule has 0 aliphatic heterocycles. The van der Waals surface area contributed by atoms with Crippen molar-refractivity contribution in [2.75, 3.05) is 0 Å². The van der Waals surface area contributed by atoms with Crippen LogP contribution in [0.1, 0.15) is 11.3 Å². The lowest BCUT2D eigenvalue weighted by Crippen LogP contribution is -2.13. The van der Waals surface area contributed by atoms with E-state index in [4.69, 9.17) is 11.6 Å². The molecule has 2 aromatic rings. The second-order valence-corrected chi connectivity index (χ2v) is 3.84. The third-order valence-electron chi connectivity index (χ3n) is 2.26. The fourth-order valence-corrected chi connectivity index (χ4v) is 1.61. The fraction of sp³-hybridized carbons (Fsp3) is 0.182. The number of rotatable bonds is 4. The van der Waals surface area contributed by atoms with Gasteiger partial charge in [0.1, 0.15) is 5.75 Å². The number of para-hydroxylation sites is 1. The van der Waals surface area contributed by atoms with Gasteiger partial charge in [0, 0.05) is 30.5 Å². The van der Waals surface area contributed by atoms with Gasteiger partial charge in [0.25, 0.3) is 0 Å². The largest absolute Gasteiger partial charge is 0.506 e. The molecule has 1 aromatic heterocycles. The van der Waals surface area contributed by atoms with E-state index in [-0.39, 0.29) is 5.75 Å². The van der Waals surface area contributed by atoms with Crippen molar-refractivity contribution in [1.29, 1.82) is 0 Å². The summed E-state index contributed by atoms with van der Waals surface area (Å²) in [7, 11) is 0. The van der Waals surface area contributed by atoms with Crippen molar-refractivity contribution in [3.8, 4) is 5.75 Å². The molecule has 0 saturated heterocycles. The average Bonchev–Trinajstić information content (AvgIpc) is 2.77. The Morgan fingerprint density at radius 2 is 2.19 bits per heavy atom. The quantitative estimate of drug-likeness (QED) is 0.763. The number of aromatic nitrogens is 2. The van der Waals surface area contributed by atoms with Crippen LogP contribution in [-0.2, 0) is 13.1 Å². The van der Waals surface area contributed by atoms with Gasteiger partial charge in [0.15, 0.2) is 0 Å². The smallest absolute Gasteiger partial charge is 0.138 e. The van der Waals surface area contributed by atoms with Crippen LogP contribution < -0.4 is 5.32 Å². The zero-order valence-electron chi connectivity index (χ0n) is 8.57. The molecule has 5 heteroatoms. The number of aromatic amines is 1. The summed E-state index contributed by atoms with van der Waals surface area (Å²) >= 11 is 5.80. The molecule has 0 atom stereocenters. The first-order chi connectivity index (χ1) is 7.77. The first-order valence-electron chi connectivity index (χ1n) is 4.92. The van der Waals surface area contributed by atoms with Crippen molar-refractivity contribution in [2.24, 2.45) is 0 Å². The van der Waals surface area contributed by atoms with E-state index in [1.165, 1.54) is 0 Å². The maximum Gasteiger partial charge on any atom is 0.138 e. The minimum atomic E-state index is 0.140. The molecule has 0 bridgehead atoms. The van der Waals surface area contributed by atoms with Crippen molar-refractivity contribution in [1.82, 2.24) is 15.5 Å². The molecular weight excluding hydrogens is 226 g/mol. The van der Waals surface area contributed by atoms with Gasteiger partial charge in [-0.05, 0) is 12.1 Å². The van der Waals surface area contributed by atoms with E-state index in [9.17, 15) is 5.11 Å². The summed E-state index contributed by atoms with van der Waals surface area (Å²) in [5.41, 5.74) is 1.79. The maximum atomic E-state index is 9.66. The van der Waals surface area contributed by atoms with Crippen LogP contribution in [0, 0.1) is 0 Å². The fourth-order valence-electron chi connectivity index (χ4n) is 1.42. The van der Waals surface area contributed by atoms with Gasteiger partial charge < -0.3 is 10.4 Å². The van der Waals surface area contributed by atoms with E-state index in [0.29, 0.717) is 18.1 Å². The molecule has 4 nitrogen and oxygen atoms in total. The van der Waals surface area contributed by atoms with Crippen LogP contribution in [0.25, 0.3) is 0 Å². The van der Waals surface area contributed by atoms with Gasteiger partial charge in [-0.1, -0.05) is 23.7 Å². The molecule has 0 aliphatic carbocycles. The summed E-state index contributed by atoms with van der Waals surface area (Å²) in [5.74, 6) is 0.140. The molecule has 2 rings (SSSR count). The Hall–Kier alpha value is -1.52. The third kappa shape index (κ3) is 2.53. The van der Waals surface area contributed by atoms with Crippen molar-refractivity contribution in [3.63, 3.8) is 0 Å². The molecule has 16 heavy (non-hydrogen) atoms. The van der Waals surface area contributed by atoms with Crippen molar-refractivity contribution < 1.29 is 5.11 Å². The molecular formula is C11H12ClN3O. The first kappa shape index (κ1) is 11.0. The molecule has 0 fully saturated rings. The SMILES string of the molecule is Oc1c(Cl)cccc1CNCc1ccn[nH]1. The summed E-state index contributed by atoms with van der Waals surface area (Å²) in [6.45, 7) is 1.23. The number of hydrogen-bond acceptors (Lipinski definition) is 3. The van der Waals surface area contributed by atoms with Gasteiger partial charge in [-0.15, -0.1) is 0 Å². The maximum absolute atomic E-state index is 9.66. The van der Waals surface area contributed by atoms with Crippen LogP contribution in [0.5, 0.6) is 5.75 Å². The highest BCUT2D eigenvalue weighted by atomic mass is 35.5. The molecule has 1 heterocycles. The second kappa shape index (κ2) is 5.01. The number of aromatic hydroxyl groups is 1. The molecule has 0 amide bonds. The second-order valence-electron chi connectivity index (χ2n) is 3.43. The zero-order chi connectivity index (χ0) is 11.4. The topological polar surface area (TPSA) is 60.9 Å². The van der Waals surface area contributed by atoms with Crippen LogP contribution in [0.4, 0.5) is 0 Å². The summed E-state index contributed by atoms with van der Waals surface area (Å²) in [6, 6.07) is 7.20. The van der Waals surface area contributed by atoms with E-state index in [2.05, 4.69) is 15.5 Å². The molecule has 0 aliphatic rings. The Morgan fingerprint density at radius 3 is 2.94 bits per heavy atom. The van der Waals surface area contributed by atoms with Crippen LogP contribution in [-0.4, -0.2) is 15.3 Å². The molecule has 0 saturated carbocycles. The first-order valence-corrected chi connectivity index (χ1v) is 5.30. The Balaban J connectivity index is 1.92. The van der Waals surface area contributed by atoms with Crippen LogP contribution in [0.15, 0.2) is 30.5 Å². The minimum Gasteiger partial charge on any atom is -0.506 e. The number of nitrogens with zero attached hydrogens (tertiary/aromatic N) is 1. The van der Waals surface area contributed by atoms with Crippen LogP contribution in [0.2, 0.25) is 5.02 Å². The zero-order valence-corrected chi connectivity index (χ0v) is 9.33. The standard InChI is InChI=1S/C11H12ClN3O/c12-10-3-1-2-8(11(10)16)6-13-7-9-4-5-14-15-9/h1-5,13,16H,6-7H2,(H,14,15). The number of halogens is 1. The molecule has 84 valence electrons. The number of nitrogens with one attached hydrogen (secondary N) is 2. The lowest BCUT2D eigenvalue weighted by Gasteiger charge is -2.06. The molecule has 1 aromatic carbocycles. The van der Waals surface area contributed by atoms with Crippen molar-refractivity contribution >= 4 is 11.6 Å². The van der Waals surface area contributed by atoms with E-state index in [1.807, 2.05) is 18.2 Å². The van der Waals surface area contributed by atoms with Gasteiger partial charge in [-0.2, -0.15) is 5.10 Å². The van der Waals surface area contributed by atoms with E-state index in [1.54, 1.807) is 12.3 Å². The lowest BCUT2D eigenvalue weighted by molar-refractivity contribution is 0.464. The predicted molar refractivity (Wildman–Crippen MR) is 62.2 cm³/mol. The van der Waals surface area contributed by atoms with Gasteiger partial charge in [-0.25, -0.2) is 0 Å². The van der Waals surface area contributed by atoms with E-state index < -0.39 is 0 Å². The Bertz CT molecular complexity index is 456. The molecule has 0 spiro atoms. The highest BCUT2D eigenvalue weighted by Crippen LogP contribution is 2.26. The number of benzene rings is 1. The average molecular weight is 238 g/mol. The van der Waals surface area contributed by atoms with Gasteiger partial charge >= 0.3 is 0 Å². The van der Waals surface area contributed by atoms with Crippen LogP contribution >= 0.6 is 11.6 Å². The summed E-state index contributed by atoms with van der Waals surface area (Å²) in [6.07, 6.45) is 1.70. The summed E-state index contributed by atoms with van der Waals surface area (Å²) < 4.78 is 0. The lowest BCUT2D eigenvalue weighted by atomic mass is 10.2.